The number of carbonyl (C=O) groups is 1. The van der Waals surface area contributed by atoms with E-state index in [1.807, 2.05) is 35.1 Å². The predicted octanol–water partition coefficient (Wildman–Crippen LogP) is 5.26. The van der Waals surface area contributed by atoms with Crippen molar-refractivity contribution in [3.63, 3.8) is 0 Å². The van der Waals surface area contributed by atoms with Crippen molar-refractivity contribution in [2.45, 2.75) is 38.6 Å². The van der Waals surface area contributed by atoms with Crippen molar-refractivity contribution < 1.29 is 14.3 Å². The molecule has 2 N–H and O–H groups in total. The normalized spacial score (nSPS) is 22.0. The first kappa shape index (κ1) is 22.8. The Morgan fingerprint density at radius 1 is 1.26 bits per heavy atom. The minimum Gasteiger partial charge on any atom is -0.387 e. The molecule has 176 valence electrons. The molecule has 1 fully saturated rings. The summed E-state index contributed by atoms with van der Waals surface area (Å²) in [5.74, 6) is -0.302. The number of rotatable bonds is 6. The first-order valence-electron chi connectivity index (χ1n) is 11.6. The maximum Gasteiger partial charge on any atom is 0.246 e. The van der Waals surface area contributed by atoms with Gasteiger partial charge in [0.05, 0.1) is 23.6 Å². The summed E-state index contributed by atoms with van der Waals surface area (Å²) in [6.07, 6.45) is 7.80. The van der Waals surface area contributed by atoms with Crippen LogP contribution in [0.5, 0.6) is 0 Å². The van der Waals surface area contributed by atoms with Crippen LogP contribution in [0, 0.1) is 17.2 Å². The van der Waals surface area contributed by atoms with Gasteiger partial charge in [0.15, 0.2) is 0 Å². The summed E-state index contributed by atoms with van der Waals surface area (Å²) in [6.45, 7) is 1.77. The number of nitrogens with zero attached hydrogens (tertiary/aromatic N) is 2. The highest BCUT2D eigenvalue weighted by molar-refractivity contribution is 6.30. The third-order valence-electron chi connectivity index (χ3n) is 7.49. The summed E-state index contributed by atoms with van der Waals surface area (Å²) in [5, 5.41) is 17.6. The van der Waals surface area contributed by atoms with E-state index in [0.717, 1.165) is 42.6 Å². The molecule has 2 aromatic carbocycles. The van der Waals surface area contributed by atoms with Gasteiger partial charge in [-0.25, -0.2) is 9.07 Å². The second-order valence-electron chi connectivity index (χ2n) is 9.51. The minimum absolute atomic E-state index is 0.0434. The van der Waals surface area contributed by atoms with Crippen molar-refractivity contribution in [2.75, 3.05) is 6.61 Å². The van der Waals surface area contributed by atoms with Crippen molar-refractivity contribution in [1.82, 2.24) is 15.1 Å². The molecule has 3 atom stereocenters. The monoisotopic (exact) mass is 479 g/mol. The van der Waals surface area contributed by atoms with E-state index in [1.54, 1.807) is 12.1 Å². The molecule has 0 radical (unpaired) electrons. The van der Waals surface area contributed by atoms with Crippen LogP contribution >= 0.6 is 11.6 Å². The molecule has 5 nitrogen and oxygen atoms in total. The van der Waals surface area contributed by atoms with E-state index in [1.165, 1.54) is 23.3 Å². The van der Waals surface area contributed by atoms with E-state index in [9.17, 15) is 14.3 Å². The lowest BCUT2D eigenvalue weighted by atomic mass is 9.68. The summed E-state index contributed by atoms with van der Waals surface area (Å²) in [4.78, 5) is 12.1. The number of fused-ring (bicyclic) bond motifs is 2. The molecule has 34 heavy (non-hydrogen) atoms. The number of aromatic nitrogens is 2. The fourth-order valence-electron chi connectivity index (χ4n) is 5.60. The fraction of sp³-hybridized carbons (Fsp3) is 0.333. The van der Waals surface area contributed by atoms with Crippen LogP contribution in [0.3, 0.4) is 0 Å². The third kappa shape index (κ3) is 4.17. The van der Waals surface area contributed by atoms with Gasteiger partial charge in [-0.05, 0) is 90.6 Å². The second-order valence-corrected chi connectivity index (χ2v) is 9.94. The average molecular weight is 480 g/mol. The van der Waals surface area contributed by atoms with E-state index in [-0.39, 0.29) is 23.2 Å². The zero-order chi connectivity index (χ0) is 23.9. The summed E-state index contributed by atoms with van der Waals surface area (Å²) in [7, 11) is 0. The van der Waals surface area contributed by atoms with Crippen LogP contribution in [0.1, 0.15) is 49.0 Å². The van der Waals surface area contributed by atoms with Crippen LogP contribution in [0.25, 0.3) is 11.8 Å². The molecule has 0 saturated heterocycles. The van der Waals surface area contributed by atoms with Crippen molar-refractivity contribution in [3.8, 4) is 5.69 Å². The quantitative estimate of drug-likeness (QED) is 0.506. The molecule has 2 aliphatic carbocycles. The topological polar surface area (TPSA) is 67.2 Å². The average Bonchev–Trinajstić information content (AvgIpc) is 3.37. The van der Waals surface area contributed by atoms with Crippen LogP contribution in [-0.2, 0) is 11.2 Å². The Morgan fingerprint density at radius 3 is 2.71 bits per heavy atom. The fourth-order valence-corrected chi connectivity index (χ4v) is 5.72. The Balaban J connectivity index is 1.42. The van der Waals surface area contributed by atoms with Gasteiger partial charge >= 0.3 is 0 Å². The lowest BCUT2D eigenvalue weighted by Gasteiger charge is -2.37. The number of amides is 1. The van der Waals surface area contributed by atoms with E-state index < -0.39 is 6.61 Å². The lowest BCUT2D eigenvalue weighted by Crippen LogP contribution is -2.35. The number of halogens is 2. The summed E-state index contributed by atoms with van der Waals surface area (Å²) in [6, 6.07) is 13.7. The minimum atomic E-state index is -0.539. The van der Waals surface area contributed by atoms with Gasteiger partial charge in [-0.1, -0.05) is 36.2 Å². The molecule has 7 heteroatoms. The Kier molecular flexibility index (Phi) is 6.04. The maximum atomic E-state index is 13.4. The van der Waals surface area contributed by atoms with Crippen molar-refractivity contribution in [1.29, 1.82) is 0 Å². The third-order valence-corrected chi connectivity index (χ3v) is 7.75. The van der Waals surface area contributed by atoms with Gasteiger partial charge in [0.1, 0.15) is 12.4 Å². The Bertz CT molecular complexity index is 1240. The zero-order valence-electron chi connectivity index (χ0n) is 19.0. The highest BCUT2D eigenvalue weighted by atomic mass is 35.5. The lowest BCUT2D eigenvalue weighted by molar-refractivity contribution is -0.124. The van der Waals surface area contributed by atoms with Gasteiger partial charge < -0.3 is 10.4 Å². The van der Waals surface area contributed by atoms with Crippen molar-refractivity contribution >= 4 is 23.6 Å². The van der Waals surface area contributed by atoms with E-state index in [0.29, 0.717) is 10.9 Å². The number of aliphatic hydroxyl groups is 1. The van der Waals surface area contributed by atoms with Crippen LogP contribution in [-0.4, -0.2) is 27.4 Å². The molecule has 1 heterocycles. The largest absolute Gasteiger partial charge is 0.387 e. The Morgan fingerprint density at radius 2 is 2.00 bits per heavy atom. The summed E-state index contributed by atoms with van der Waals surface area (Å²) in [5.41, 5.74) is 5.39. The number of benzene rings is 2. The zero-order valence-corrected chi connectivity index (χ0v) is 19.7. The molecule has 0 aliphatic heterocycles. The highest BCUT2D eigenvalue weighted by Gasteiger charge is 2.46. The maximum absolute atomic E-state index is 13.4. The molecule has 3 unspecified atom stereocenters. The van der Waals surface area contributed by atoms with Crippen LogP contribution in [0.15, 0.2) is 60.3 Å². The number of hydrogen-bond acceptors (Lipinski definition) is 3. The van der Waals surface area contributed by atoms with Crippen molar-refractivity contribution in [2.24, 2.45) is 11.3 Å². The molecular weight excluding hydrogens is 453 g/mol. The van der Waals surface area contributed by atoms with Gasteiger partial charge in [0, 0.05) is 5.02 Å². The molecule has 2 aliphatic rings. The number of nitrogens with one attached hydrogen (secondary N) is 1. The molecule has 1 saturated carbocycles. The molecule has 0 bridgehead atoms. The molecule has 0 spiro atoms. The van der Waals surface area contributed by atoms with Crippen LogP contribution < -0.4 is 5.32 Å². The number of aliphatic hydroxyl groups excluding tert-OH is 1. The van der Waals surface area contributed by atoms with Crippen LogP contribution in [0.2, 0.25) is 5.02 Å². The SMILES string of the molecule is CC12Cc3cnn(-c4ccc(F)cc4)c3C=C1CCC2CC(NC(=O)CO)c1ccc(Cl)cc1. The summed E-state index contributed by atoms with van der Waals surface area (Å²) >= 11 is 6.07. The first-order valence-corrected chi connectivity index (χ1v) is 11.9. The van der Waals surface area contributed by atoms with Gasteiger partial charge in [0.25, 0.3) is 0 Å². The Labute approximate surface area is 203 Å². The number of hydrogen-bond donors (Lipinski definition) is 2. The standard InChI is InChI=1S/C27H27ClFN3O2/c1-27-14-18-15-30-32(23-10-8-22(29)9-11-23)25(18)13-20(27)5-4-19(27)12-24(31-26(34)16-33)17-2-6-21(28)7-3-17/h2-3,6-11,13,15,19,24,33H,4-5,12,14,16H2,1H3,(H,31,34). The predicted molar refractivity (Wildman–Crippen MR) is 130 cm³/mol. The number of allylic oxidation sites excluding steroid dienone is 1. The number of carbonyl (C=O) groups excluding carboxylic acids is 1. The molecule has 1 aromatic heterocycles. The van der Waals surface area contributed by atoms with Gasteiger partial charge in [-0.2, -0.15) is 5.10 Å². The summed E-state index contributed by atoms with van der Waals surface area (Å²) < 4.78 is 15.3. The highest BCUT2D eigenvalue weighted by Crippen LogP contribution is 2.55. The smallest absolute Gasteiger partial charge is 0.246 e. The van der Waals surface area contributed by atoms with Gasteiger partial charge in [-0.3, -0.25) is 4.79 Å². The first-order chi connectivity index (χ1) is 16.4. The second kappa shape index (κ2) is 9.01. The molecule has 1 amide bonds. The van der Waals surface area contributed by atoms with Gasteiger partial charge in [0.2, 0.25) is 5.91 Å². The van der Waals surface area contributed by atoms with Crippen LogP contribution in [0.4, 0.5) is 4.39 Å². The van der Waals surface area contributed by atoms with Crippen molar-refractivity contribution in [3.05, 3.63) is 88.0 Å². The Hall–Kier alpha value is -2.96. The van der Waals surface area contributed by atoms with E-state index >= 15 is 0 Å². The van der Waals surface area contributed by atoms with E-state index in [2.05, 4.69) is 23.4 Å². The molecular formula is C27H27ClFN3O2. The van der Waals surface area contributed by atoms with E-state index in [4.69, 9.17) is 11.6 Å². The molecule has 3 aromatic rings. The molecule has 5 rings (SSSR count). The van der Waals surface area contributed by atoms with Gasteiger partial charge in [-0.15, -0.1) is 0 Å².